The van der Waals surface area contributed by atoms with Crippen molar-refractivity contribution in [3.8, 4) is 0 Å². The minimum absolute atomic E-state index is 0.257. The summed E-state index contributed by atoms with van der Waals surface area (Å²) in [4.78, 5) is 14.8. The van der Waals surface area contributed by atoms with E-state index in [9.17, 15) is 9.90 Å². The van der Waals surface area contributed by atoms with E-state index < -0.39 is 6.10 Å². The van der Waals surface area contributed by atoms with Crippen LogP contribution in [0.5, 0.6) is 0 Å². The number of piperidine rings is 1. The van der Waals surface area contributed by atoms with Crippen molar-refractivity contribution in [2.24, 2.45) is 5.92 Å². The van der Waals surface area contributed by atoms with Gasteiger partial charge in [-0.2, -0.15) is 0 Å². The fourth-order valence-electron chi connectivity index (χ4n) is 4.02. The van der Waals surface area contributed by atoms with E-state index in [1.165, 1.54) is 25.7 Å². The van der Waals surface area contributed by atoms with Crippen LogP contribution in [0.2, 0.25) is 0 Å². The topological polar surface area (TPSA) is 71.2 Å². The molecule has 24 heavy (non-hydrogen) atoms. The largest absolute Gasteiger partial charge is 0.393 e. The van der Waals surface area contributed by atoms with Gasteiger partial charge in [0.1, 0.15) is 0 Å². The van der Waals surface area contributed by atoms with Crippen molar-refractivity contribution in [2.75, 3.05) is 13.1 Å². The van der Waals surface area contributed by atoms with Gasteiger partial charge in [-0.3, -0.25) is 4.79 Å². The van der Waals surface area contributed by atoms with Gasteiger partial charge in [-0.05, 0) is 32.6 Å². The Hall–Kier alpha value is -1.43. The summed E-state index contributed by atoms with van der Waals surface area (Å²) in [6, 6.07) is 0.318. The maximum atomic E-state index is 12.7. The first-order valence-electron chi connectivity index (χ1n) is 9.51. The molecule has 1 aliphatic heterocycles. The lowest BCUT2D eigenvalue weighted by molar-refractivity contribution is -0.137. The number of amides is 1. The molecule has 6 nitrogen and oxygen atoms in total. The highest BCUT2D eigenvalue weighted by atomic mass is 16.3. The maximum Gasteiger partial charge on any atom is 0.225 e. The smallest absolute Gasteiger partial charge is 0.225 e. The number of rotatable bonds is 4. The Labute approximate surface area is 144 Å². The monoisotopic (exact) mass is 334 g/mol. The standard InChI is InChI=1S/C18H30N4O2/c1-14(23)12-16-13-22(20-19-16)17-8-10-21(11-9-17)18(24)15-6-4-2-3-5-7-15/h13-15,17,23H,2-12H2,1H3. The summed E-state index contributed by atoms with van der Waals surface area (Å²) in [7, 11) is 0. The van der Waals surface area contributed by atoms with Gasteiger partial charge in [0.15, 0.2) is 0 Å². The lowest BCUT2D eigenvalue weighted by Crippen LogP contribution is -2.42. The Kier molecular flexibility index (Phi) is 5.87. The second kappa shape index (κ2) is 8.10. The van der Waals surface area contributed by atoms with Crippen LogP contribution < -0.4 is 0 Å². The van der Waals surface area contributed by atoms with E-state index in [2.05, 4.69) is 15.2 Å². The number of carbonyl (C=O) groups is 1. The number of aromatic nitrogens is 3. The van der Waals surface area contributed by atoms with Gasteiger partial charge in [0, 0.05) is 31.6 Å². The van der Waals surface area contributed by atoms with Crippen LogP contribution in [0.1, 0.15) is 70.0 Å². The van der Waals surface area contributed by atoms with Crippen molar-refractivity contribution >= 4 is 5.91 Å². The third kappa shape index (κ3) is 4.35. The lowest BCUT2D eigenvalue weighted by Gasteiger charge is -2.34. The maximum absolute atomic E-state index is 12.7. The zero-order valence-electron chi connectivity index (χ0n) is 14.7. The van der Waals surface area contributed by atoms with Gasteiger partial charge in [-0.15, -0.1) is 5.10 Å². The molecule has 1 aromatic rings. The molecule has 2 fully saturated rings. The molecule has 0 aromatic carbocycles. The van der Waals surface area contributed by atoms with Gasteiger partial charge in [0.2, 0.25) is 5.91 Å². The fraction of sp³-hybridized carbons (Fsp3) is 0.833. The molecule has 1 N–H and O–H groups in total. The number of hydrogen-bond acceptors (Lipinski definition) is 4. The molecule has 1 saturated carbocycles. The Morgan fingerprint density at radius 3 is 2.50 bits per heavy atom. The van der Waals surface area contributed by atoms with Crippen LogP contribution >= 0.6 is 0 Å². The van der Waals surface area contributed by atoms with Gasteiger partial charge in [-0.25, -0.2) is 4.68 Å². The van der Waals surface area contributed by atoms with Crippen molar-refractivity contribution < 1.29 is 9.90 Å². The van der Waals surface area contributed by atoms with Crippen LogP contribution in [0.15, 0.2) is 6.20 Å². The van der Waals surface area contributed by atoms with E-state index in [-0.39, 0.29) is 5.92 Å². The number of carbonyl (C=O) groups excluding carboxylic acids is 1. The van der Waals surface area contributed by atoms with E-state index in [1.54, 1.807) is 6.92 Å². The first-order valence-corrected chi connectivity index (χ1v) is 9.51. The Morgan fingerprint density at radius 2 is 1.88 bits per heavy atom. The summed E-state index contributed by atoms with van der Waals surface area (Å²) in [6.07, 6.45) is 11.1. The molecule has 0 bridgehead atoms. The summed E-state index contributed by atoms with van der Waals surface area (Å²) in [5, 5.41) is 17.8. The number of nitrogens with zero attached hydrogens (tertiary/aromatic N) is 4. The quantitative estimate of drug-likeness (QED) is 0.858. The van der Waals surface area contributed by atoms with E-state index in [0.717, 1.165) is 44.5 Å². The number of aliphatic hydroxyl groups is 1. The highest BCUT2D eigenvalue weighted by Crippen LogP contribution is 2.28. The summed E-state index contributed by atoms with van der Waals surface area (Å²) in [5.74, 6) is 0.636. The zero-order chi connectivity index (χ0) is 16.9. The molecule has 6 heteroatoms. The number of aliphatic hydroxyl groups excluding tert-OH is 1. The predicted molar refractivity (Wildman–Crippen MR) is 91.4 cm³/mol. The first-order chi connectivity index (χ1) is 11.6. The van der Waals surface area contributed by atoms with Crippen molar-refractivity contribution in [3.05, 3.63) is 11.9 Å². The molecule has 3 rings (SSSR count). The molecule has 0 radical (unpaired) electrons. The molecule has 1 amide bonds. The summed E-state index contributed by atoms with van der Waals surface area (Å²) < 4.78 is 1.92. The van der Waals surface area contributed by atoms with Gasteiger partial charge >= 0.3 is 0 Å². The minimum atomic E-state index is -0.394. The van der Waals surface area contributed by atoms with Crippen LogP contribution in [-0.2, 0) is 11.2 Å². The van der Waals surface area contributed by atoms with E-state index in [1.807, 2.05) is 10.9 Å². The van der Waals surface area contributed by atoms with Crippen molar-refractivity contribution in [2.45, 2.75) is 76.9 Å². The average Bonchev–Trinajstić information content (AvgIpc) is 2.86. The Bertz CT molecular complexity index is 527. The Morgan fingerprint density at radius 1 is 1.21 bits per heavy atom. The number of likely N-dealkylation sites (tertiary alicyclic amines) is 1. The molecular weight excluding hydrogens is 304 g/mol. The highest BCUT2D eigenvalue weighted by molar-refractivity contribution is 5.78. The lowest BCUT2D eigenvalue weighted by atomic mass is 9.96. The second-order valence-corrected chi connectivity index (χ2v) is 7.49. The van der Waals surface area contributed by atoms with Crippen LogP contribution in [0.25, 0.3) is 0 Å². The molecule has 1 aromatic heterocycles. The van der Waals surface area contributed by atoms with Crippen LogP contribution in [0.3, 0.4) is 0 Å². The van der Waals surface area contributed by atoms with Gasteiger partial charge in [0.05, 0.1) is 17.8 Å². The van der Waals surface area contributed by atoms with Crippen LogP contribution in [-0.4, -0.2) is 50.1 Å². The molecular formula is C18H30N4O2. The molecule has 1 aliphatic carbocycles. The number of hydrogen-bond donors (Lipinski definition) is 1. The molecule has 1 saturated heterocycles. The minimum Gasteiger partial charge on any atom is -0.393 e. The summed E-state index contributed by atoms with van der Waals surface area (Å²) in [5.41, 5.74) is 0.835. The van der Waals surface area contributed by atoms with E-state index >= 15 is 0 Å². The average molecular weight is 334 g/mol. The second-order valence-electron chi connectivity index (χ2n) is 7.49. The molecule has 134 valence electrons. The third-order valence-corrected chi connectivity index (χ3v) is 5.42. The van der Waals surface area contributed by atoms with Gasteiger partial charge in [-0.1, -0.05) is 30.9 Å². The third-order valence-electron chi connectivity index (χ3n) is 5.42. The molecule has 2 heterocycles. The van der Waals surface area contributed by atoms with E-state index in [0.29, 0.717) is 18.4 Å². The van der Waals surface area contributed by atoms with Gasteiger partial charge in [0.25, 0.3) is 0 Å². The normalized spacial score (nSPS) is 22.3. The highest BCUT2D eigenvalue weighted by Gasteiger charge is 2.29. The summed E-state index contributed by atoms with van der Waals surface area (Å²) >= 11 is 0. The SMILES string of the molecule is CC(O)Cc1cn(C2CCN(C(=O)C3CCCCCC3)CC2)nn1. The first kappa shape index (κ1) is 17.4. The molecule has 2 aliphatic rings. The zero-order valence-corrected chi connectivity index (χ0v) is 14.7. The van der Waals surface area contributed by atoms with Crippen LogP contribution in [0, 0.1) is 5.92 Å². The molecule has 1 unspecified atom stereocenters. The fourth-order valence-corrected chi connectivity index (χ4v) is 4.02. The van der Waals surface area contributed by atoms with Crippen LogP contribution in [0.4, 0.5) is 0 Å². The van der Waals surface area contributed by atoms with Gasteiger partial charge < -0.3 is 10.0 Å². The van der Waals surface area contributed by atoms with Crippen molar-refractivity contribution in [3.63, 3.8) is 0 Å². The van der Waals surface area contributed by atoms with E-state index in [4.69, 9.17) is 0 Å². The Balaban J connectivity index is 1.51. The molecule has 0 spiro atoms. The van der Waals surface area contributed by atoms with Crippen molar-refractivity contribution in [1.82, 2.24) is 19.9 Å². The predicted octanol–water partition coefficient (Wildman–Crippen LogP) is 2.34. The summed E-state index contributed by atoms with van der Waals surface area (Å²) in [6.45, 7) is 3.41. The van der Waals surface area contributed by atoms with Crippen molar-refractivity contribution in [1.29, 1.82) is 0 Å². The molecule has 1 atom stereocenters.